The van der Waals surface area contributed by atoms with Gasteiger partial charge >= 0.3 is 5.97 Å². The van der Waals surface area contributed by atoms with Crippen LogP contribution >= 0.6 is 12.6 Å². The van der Waals surface area contributed by atoms with Crippen molar-refractivity contribution in [2.24, 2.45) is 0 Å². The second-order valence-electron chi connectivity index (χ2n) is 2.81. The molecule has 0 heterocycles. The summed E-state index contributed by atoms with van der Waals surface area (Å²) in [6.07, 6.45) is 0. The van der Waals surface area contributed by atoms with Gasteiger partial charge < -0.3 is 4.74 Å². The number of carbonyl (C=O) groups excluding carboxylic acids is 1. The minimum atomic E-state index is -0.536. The zero-order valence-corrected chi connectivity index (χ0v) is 8.76. The van der Waals surface area contributed by atoms with E-state index in [4.69, 9.17) is 5.26 Å². The Balaban J connectivity index is 3.42. The number of hydrogen-bond acceptors (Lipinski definition) is 4. The van der Waals surface area contributed by atoms with Crippen LogP contribution in [0.3, 0.4) is 0 Å². The van der Waals surface area contributed by atoms with E-state index < -0.39 is 5.97 Å². The summed E-state index contributed by atoms with van der Waals surface area (Å²) in [7, 11) is 1.27. The Hall–Kier alpha value is -1.47. The topological polar surface area (TPSA) is 50.1 Å². The highest BCUT2D eigenvalue weighted by Gasteiger charge is 2.15. The summed E-state index contributed by atoms with van der Waals surface area (Å²) in [5.41, 5.74) is 1.41. The van der Waals surface area contributed by atoms with Gasteiger partial charge in [-0.25, -0.2) is 4.79 Å². The zero-order valence-electron chi connectivity index (χ0n) is 7.87. The molecule has 0 spiro atoms. The van der Waals surface area contributed by atoms with Crippen molar-refractivity contribution in [3.05, 3.63) is 28.8 Å². The fraction of sp³-hybridized carbons (Fsp3) is 0.200. The van der Waals surface area contributed by atoms with Gasteiger partial charge in [-0.05, 0) is 24.6 Å². The normalized spacial score (nSPS) is 9.29. The molecule has 0 atom stereocenters. The molecule has 0 N–H and O–H groups in total. The van der Waals surface area contributed by atoms with E-state index in [0.29, 0.717) is 10.5 Å². The van der Waals surface area contributed by atoms with E-state index in [0.717, 1.165) is 5.56 Å². The molecule has 1 aromatic rings. The van der Waals surface area contributed by atoms with E-state index in [2.05, 4.69) is 17.4 Å². The van der Waals surface area contributed by atoms with Gasteiger partial charge in [0.25, 0.3) is 0 Å². The summed E-state index contributed by atoms with van der Waals surface area (Å²) in [6, 6.07) is 5.29. The summed E-state index contributed by atoms with van der Waals surface area (Å²) in [4.78, 5) is 11.8. The van der Waals surface area contributed by atoms with Crippen LogP contribution in [0.2, 0.25) is 0 Å². The number of nitrogens with zero attached hydrogens (tertiary/aromatic N) is 1. The van der Waals surface area contributed by atoms with E-state index in [1.54, 1.807) is 12.1 Å². The lowest BCUT2D eigenvalue weighted by Crippen LogP contribution is -2.05. The Bertz CT molecular complexity index is 421. The van der Waals surface area contributed by atoms with Crippen LogP contribution in [0.1, 0.15) is 21.5 Å². The number of nitriles is 1. The van der Waals surface area contributed by atoms with Crippen LogP contribution < -0.4 is 0 Å². The minimum Gasteiger partial charge on any atom is -0.465 e. The van der Waals surface area contributed by atoms with Crippen molar-refractivity contribution in [2.45, 2.75) is 11.8 Å². The molecule has 0 aliphatic rings. The summed E-state index contributed by atoms with van der Waals surface area (Å²) in [6.45, 7) is 1.83. The SMILES string of the molecule is COC(=O)c1c(S)cc(C)cc1C#N. The molecule has 3 nitrogen and oxygen atoms in total. The number of carbonyl (C=O) groups is 1. The summed E-state index contributed by atoms with van der Waals surface area (Å²) in [5, 5.41) is 8.82. The summed E-state index contributed by atoms with van der Waals surface area (Å²) >= 11 is 4.13. The lowest BCUT2D eigenvalue weighted by molar-refractivity contribution is 0.0596. The maximum absolute atomic E-state index is 11.3. The number of ether oxygens (including phenoxy) is 1. The Morgan fingerprint density at radius 1 is 1.57 bits per heavy atom. The van der Waals surface area contributed by atoms with Gasteiger partial charge in [0.05, 0.1) is 18.2 Å². The monoisotopic (exact) mass is 207 g/mol. The number of esters is 1. The maximum atomic E-state index is 11.3. The molecular weight excluding hydrogens is 198 g/mol. The predicted octanol–water partition coefficient (Wildman–Crippen LogP) is 1.94. The zero-order chi connectivity index (χ0) is 10.7. The standard InChI is InChI=1S/C10H9NO2S/c1-6-3-7(5-11)9(8(14)4-6)10(12)13-2/h3-4,14H,1-2H3. The highest BCUT2D eigenvalue weighted by atomic mass is 32.1. The molecule has 14 heavy (non-hydrogen) atoms. The molecule has 4 heteroatoms. The van der Waals surface area contributed by atoms with Gasteiger partial charge in [-0.3, -0.25) is 0 Å². The molecule has 1 aromatic carbocycles. The molecule has 0 amide bonds. The van der Waals surface area contributed by atoms with Crippen LogP contribution in [-0.4, -0.2) is 13.1 Å². The van der Waals surface area contributed by atoms with Gasteiger partial charge in [-0.1, -0.05) is 0 Å². The molecular formula is C10H9NO2S. The van der Waals surface area contributed by atoms with Crippen LogP contribution in [0.4, 0.5) is 0 Å². The van der Waals surface area contributed by atoms with Crippen LogP contribution in [0, 0.1) is 18.3 Å². The van der Waals surface area contributed by atoms with Gasteiger partial charge in [0.15, 0.2) is 0 Å². The Morgan fingerprint density at radius 2 is 2.21 bits per heavy atom. The molecule has 1 rings (SSSR count). The fourth-order valence-electron chi connectivity index (χ4n) is 1.17. The van der Waals surface area contributed by atoms with Crippen molar-refractivity contribution >= 4 is 18.6 Å². The predicted molar refractivity (Wildman–Crippen MR) is 54.5 cm³/mol. The molecule has 0 fully saturated rings. The molecule has 0 saturated carbocycles. The molecule has 72 valence electrons. The van der Waals surface area contributed by atoms with Crippen LogP contribution in [0.15, 0.2) is 17.0 Å². The van der Waals surface area contributed by atoms with Crippen molar-refractivity contribution in [1.29, 1.82) is 5.26 Å². The number of hydrogen-bond donors (Lipinski definition) is 1. The van der Waals surface area contributed by atoms with Crippen LogP contribution in [-0.2, 0) is 4.74 Å². The Labute approximate surface area is 87.7 Å². The summed E-state index contributed by atoms with van der Waals surface area (Å²) in [5.74, 6) is -0.536. The van der Waals surface area contributed by atoms with Crippen LogP contribution in [0.5, 0.6) is 0 Å². The number of thiol groups is 1. The smallest absolute Gasteiger partial charge is 0.340 e. The number of rotatable bonds is 1. The van der Waals surface area contributed by atoms with Crippen LogP contribution in [0.25, 0.3) is 0 Å². The largest absolute Gasteiger partial charge is 0.465 e. The highest BCUT2D eigenvalue weighted by Crippen LogP contribution is 2.21. The second kappa shape index (κ2) is 4.16. The molecule has 0 radical (unpaired) electrons. The van der Waals surface area contributed by atoms with E-state index in [1.807, 2.05) is 13.0 Å². The first-order chi connectivity index (χ1) is 6.60. The lowest BCUT2D eigenvalue weighted by Gasteiger charge is -2.06. The van der Waals surface area contributed by atoms with Gasteiger partial charge in [-0.2, -0.15) is 5.26 Å². The number of benzene rings is 1. The number of methoxy groups -OCH3 is 1. The first-order valence-corrected chi connectivity index (χ1v) is 4.37. The lowest BCUT2D eigenvalue weighted by atomic mass is 10.1. The first-order valence-electron chi connectivity index (χ1n) is 3.92. The van der Waals surface area contributed by atoms with Gasteiger partial charge in [0.1, 0.15) is 6.07 Å². The number of aryl methyl sites for hydroxylation is 1. The van der Waals surface area contributed by atoms with Gasteiger partial charge in [-0.15, -0.1) is 12.6 Å². The Kier molecular flexibility index (Phi) is 3.15. The molecule has 0 saturated heterocycles. The fourth-order valence-corrected chi connectivity index (χ4v) is 1.59. The van der Waals surface area contributed by atoms with Crippen molar-refractivity contribution in [1.82, 2.24) is 0 Å². The highest BCUT2D eigenvalue weighted by molar-refractivity contribution is 7.80. The van der Waals surface area contributed by atoms with E-state index in [1.165, 1.54) is 7.11 Å². The van der Waals surface area contributed by atoms with E-state index >= 15 is 0 Å². The first kappa shape index (κ1) is 10.6. The molecule has 0 bridgehead atoms. The van der Waals surface area contributed by atoms with Gasteiger partial charge in [0, 0.05) is 4.90 Å². The van der Waals surface area contributed by atoms with Gasteiger partial charge in [0.2, 0.25) is 0 Å². The molecule has 0 aromatic heterocycles. The average Bonchev–Trinajstić information content (AvgIpc) is 2.15. The van der Waals surface area contributed by atoms with Crippen molar-refractivity contribution < 1.29 is 9.53 Å². The minimum absolute atomic E-state index is 0.226. The second-order valence-corrected chi connectivity index (χ2v) is 3.29. The summed E-state index contributed by atoms with van der Waals surface area (Å²) < 4.78 is 4.56. The van der Waals surface area contributed by atoms with E-state index in [-0.39, 0.29) is 5.56 Å². The third kappa shape index (κ3) is 1.88. The van der Waals surface area contributed by atoms with Crippen molar-refractivity contribution in [3.63, 3.8) is 0 Å². The Morgan fingerprint density at radius 3 is 2.71 bits per heavy atom. The van der Waals surface area contributed by atoms with Crippen molar-refractivity contribution in [3.8, 4) is 6.07 Å². The maximum Gasteiger partial charge on any atom is 0.340 e. The third-order valence-corrected chi connectivity index (χ3v) is 2.12. The van der Waals surface area contributed by atoms with E-state index in [9.17, 15) is 4.79 Å². The van der Waals surface area contributed by atoms with Crippen molar-refractivity contribution in [2.75, 3.05) is 7.11 Å². The average molecular weight is 207 g/mol. The quantitative estimate of drug-likeness (QED) is 0.565. The molecule has 0 aliphatic carbocycles. The third-order valence-electron chi connectivity index (χ3n) is 1.77. The molecule has 0 aliphatic heterocycles. The molecule has 0 unspecified atom stereocenters.